The van der Waals surface area contributed by atoms with Crippen molar-refractivity contribution in [1.29, 1.82) is 0 Å². The van der Waals surface area contributed by atoms with Gasteiger partial charge in [-0.3, -0.25) is 9.48 Å². The van der Waals surface area contributed by atoms with Crippen molar-refractivity contribution in [2.75, 3.05) is 12.3 Å². The van der Waals surface area contributed by atoms with Crippen LogP contribution in [0.4, 0.5) is 0 Å². The van der Waals surface area contributed by atoms with Crippen LogP contribution in [0.25, 0.3) is 10.9 Å². The van der Waals surface area contributed by atoms with Crippen LogP contribution in [-0.2, 0) is 29.5 Å². The molecule has 0 saturated carbocycles. The van der Waals surface area contributed by atoms with Crippen LogP contribution in [0.5, 0.6) is 0 Å². The molecular formula is C22H22ClN5O3S. The third-order valence-electron chi connectivity index (χ3n) is 5.12. The number of aryl methyl sites for hydroxylation is 1. The highest BCUT2D eigenvalue weighted by molar-refractivity contribution is 7.91. The quantitative estimate of drug-likeness (QED) is 0.376. The lowest BCUT2D eigenvalue weighted by Crippen LogP contribution is -2.30. The third-order valence-corrected chi connectivity index (χ3v) is 7.06. The molecule has 2 heterocycles. The normalized spacial score (nSPS) is 11.8. The Kier molecular flexibility index (Phi) is 6.69. The smallest absolute Gasteiger partial charge is 0.255 e. The fourth-order valence-electron chi connectivity index (χ4n) is 3.48. The summed E-state index contributed by atoms with van der Waals surface area (Å²) in [6, 6.07) is 15.3. The molecule has 0 saturated heterocycles. The van der Waals surface area contributed by atoms with Gasteiger partial charge in [-0.1, -0.05) is 35.9 Å². The summed E-state index contributed by atoms with van der Waals surface area (Å²) in [5.41, 5.74) is 0.920. The fraction of sp³-hybridized carbons (Fsp3) is 0.227. The van der Waals surface area contributed by atoms with Gasteiger partial charge < -0.3 is 9.88 Å². The number of nitrogens with one attached hydrogen (secondary N) is 1. The van der Waals surface area contributed by atoms with Crippen molar-refractivity contribution in [3.05, 3.63) is 88.2 Å². The Morgan fingerprint density at radius 2 is 1.84 bits per heavy atom. The standard InChI is InChI=1S/C22H22ClN5O3S/c23-19-7-6-17-12-18(14-24-8-9-27-16-25-15-26-27)22(29)28(21(17)13-19)10-11-32(30,31)20-4-2-1-3-5-20/h1-7,12-13,15-16,24H,8-11,14H2. The zero-order chi connectivity index (χ0) is 22.6. The summed E-state index contributed by atoms with van der Waals surface area (Å²) < 4.78 is 28.7. The van der Waals surface area contributed by atoms with Crippen molar-refractivity contribution < 1.29 is 8.42 Å². The van der Waals surface area contributed by atoms with Crippen molar-refractivity contribution in [2.24, 2.45) is 0 Å². The van der Waals surface area contributed by atoms with E-state index >= 15 is 0 Å². The largest absolute Gasteiger partial charge is 0.311 e. The van der Waals surface area contributed by atoms with E-state index in [9.17, 15) is 13.2 Å². The molecule has 0 atom stereocenters. The maximum absolute atomic E-state index is 13.2. The number of benzene rings is 2. The van der Waals surface area contributed by atoms with E-state index in [1.165, 1.54) is 10.9 Å². The molecule has 1 N–H and O–H groups in total. The number of pyridine rings is 1. The molecule has 0 amide bonds. The van der Waals surface area contributed by atoms with Gasteiger partial charge in [-0.25, -0.2) is 13.4 Å². The minimum Gasteiger partial charge on any atom is -0.311 e. The average molecular weight is 472 g/mol. The van der Waals surface area contributed by atoms with E-state index in [1.807, 2.05) is 12.1 Å². The summed E-state index contributed by atoms with van der Waals surface area (Å²) in [6.45, 7) is 1.59. The van der Waals surface area contributed by atoms with Crippen LogP contribution in [0.15, 0.2) is 76.9 Å². The van der Waals surface area contributed by atoms with Crippen LogP contribution in [0.2, 0.25) is 5.02 Å². The van der Waals surface area contributed by atoms with Crippen molar-refractivity contribution in [1.82, 2.24) is 24.6 Å². The number of hydrogen-bond donors (Lipinski definition) is 1. The van der Waals surface area contributed by atoms with Gasteiger partial charge in [-0.2, -0.15) is 5.10 Å². The van der Waals surface area contributed by atoms with E-state index in [4.69, 9.17) is 11.6 Å². The van der Waals surface area contributed by atoms with Gasteiger partial charge in [0.1, 0.15) is 12.7 Å². The van der Waals surface area contributed by atoms with Crippen LogP contribution in [0.1, 0.15) is 5.56 Å². The second-order valence-corrected chi connectivity index (χ2v) is 9.84. The highest BCUT2D eigenvalue weighted by Gasteiger charge is 2.17. The first kappa shape index (κ1) is 22.2. The van der Waals surface area contributed by atoms with Gasteiger partial charge in [0, 0.05) is 30.2 Å². The van der Waals surface area contributed by atoms with Crippen molar-refractivity contribution in [2.45, 2.75) is 24.5 Å². The molecular weight excluding hydrogens is 450 g/mol. The Hall–Kier alpha value is -3.01. The summed E-state index contributed by atoms with van der Waals surface area (Å²) in [4.78, 5) is 17.4. The summed E-state index contributed by atoms with van der Waals surface area (Å²) >= 11 is 6.16. The number of halogens is 1. The topological polar surface area (TPSA) is 98.9 Å². The lowest BCUT2D eigenvalue weighted by Gasteiger charge is -2.14. The molecule has 8 nitrogen and oxygen atoms in total. The number of hydrogen-bond acceptors (Lipinski definition) is 6. The lowest BCUT2D eigenvalue weighted by molar-refractivity contribution is 0.551. The van der Waals surface area contributed by atoms with Crippen molar-refractivity contribution >= 4 is 32.3 Å². The molecule has 10 heteroatoms. The molecule has 0 fully saturated rings. The van der Waals surface area contributed by atoms with Crippen LogP contribution < -0.4 is 10.9 Å². The minimum absolute atomic E-state index is 0.0275. The maximum Gasteiger partial charge on any atom is 0.255 e. The number of rotatable bonds is 9. The Bertz CT molecular complexity index is 1370. The molecule has 2 aromatic heterocycles. The van der Waals surface area contributed by atoms with Gasteiger partial charge in [-0.05, 0) is 35.7 Å². The molecule has 166 valence electrons. The molecule has 2 aromatic carbocycles. The second kappa shape index (κ2) is 9.64. The summed E-state index contributed by atoms with van der Waals surface area (Å²) in [5.74, 6) is -0.193. The van der Waals surface area contributed by atoms with E-state index in [0.29, 0.717) is 35.7 Å². The summed E-state index contributed by atoms with van der Waals surface area (Å²) in [7, 11) is -3.54. The summed E-state index contributed by atoms with van der Waals surface area (Å²) in [5, 5.41) is 8.58. The van der Waals surface area contributed by atoms with Crippen LogP contribution in [-0.4, -0.2) is 40.0 Å². The van der Waals surface area contributed by atoms with E-state index in [0.717, 1.165) is 5.39 Å². The Labute approximate surface area is 190 Å². The van der Waals surface area contributed by atoms with Crippen molar-refractivity contribution in [3.8, 4) is 0 Å². The number of aromatic nitrogens is 4. The monoisotopic (exact) mass is 471 g/mol. The molecule has 4 rings (SSSR count). The first-order chi connectivity index (χ1) is 15.4. The zero-order valence-corrected chi connectivity index (χ0v) is 18.8. The third kappa shape index (κ3) is 5.07. The minimum atomic E-state index is -3.54. The van der Waals surface area contributed by atoms with Gasteiger partial charge in [0.2, 0.25) is 0 Å². The van der Waals surface area contributed by atoms with Gasteiger partial charge in [0.05, 0.1) is 22.7 Å². The number of nitrogens with zero attached hydrogens (tertiary/aromatic N) is 4. The number of fused-ring (bicyclic) bond motifs is 1. The molecule has 0 bridgehead atoms. The first-order valence-corrected chi connectivity index (χ1v) is 12.1. The van der Waals surface area contributed by atoms with Gasteiger partial charge >= 0.3 is 0 Å². The Balaban J connectivity index is 1.59. The Morgan fingerprint density at radius 3 is 2.59 bits per heavy atom. The average Bonchev–Trinajstić information content (AvgIpc) is 3.31. The molecule has 32 heavy (non-hydrogen) atoms. The van der Waals surface area contributed by atoms with Crippen LogP contribution in [0, 0.1) is 0 Å². The highest BCUT2D eigenvalue weighted by Crippen LogP contribution is 2.20. The van der Waals surface area contributed by atoms with Gasteiger partial charge in [0.15, 0.2) is 9.84 Å². The summed E-state index contributed by atoms with van der Waals surface area (Å²) in [6.07, 6.45) is 3.10. The predicted molar refractivity (Wildman–Crippen MR) is 123 cm³/mol. The van der Waals surface area contributed by atoms with Crippen LogP contribution in [0.3, 0.4) is 0 Å². The highest BCUT2D eigenvalue weighted by atomic mass is 35.5. The molecule has 4 aromatic rings. The lowest BCUT2D eigenvalue weighted by atomic mass is 10.1. The molecule has 0 aliphatic heterocycles. The van der Waals surface area contributed by atoms with E-state index in [-0.39, 0.29) is 22.8 Å². The zero-order valence-electron chi connectivity index (χ0n) is 17.2. The molecule has 0 radical (unpaired) electrons. The van der Waals surface area contributed by atoms with Gasteiger partial charge in [-0.15, -0.1) is 0 Å². The fourth-order valence-corrected chi connectivity index (χ4v) is 4.87. The maximum atomic E-state index is 13.2. The SMILES string of the molecule is O=c1c(CNCCn2cncn2)cc2ccc(Cl)cc2n1CCS(=O)(=O)c1ccccc1. The first-order valence-electron chi connectivity index (χ1n) is 10.1. The second-order valence-electron chi connectivity index (χ2n) is 7.30. The van der Waals surface area contributed by atoms with Gasteiger partial charge in [0.25, 0.3) is 5.56 Å². The Morgan fingerprint density at radius 1 is 1.03 bits per heavy atom. The molecule has 0 aliphatic carbocycles. The van der Waals surface area contributed by atoms with Crippen molar-refractivity contribution in [3.63, 3.8) is 0 Å². The van der Waals surface area contributed by atoms with E-state index in [2.05, 4.69) is 15.4 Å². The van der Waals surface area contributed by atoms with Crippen LogP contribution >= 0.6 is 11.6 Å². The molecule has 0 unspecified atom stereocenters. The molecule has 0 aliphatic rings. The number of sulfone groups is 1. The predicted octanol–water partition coefficient (Wildman–Crippen LogP) is 2.51. The molecule has 0 spiro atoms. The van der Waals surface area contributed by atoms with E-state index < -0.39 is 9.84 Å². The van der Waals surface area contributed by atoms with E-state index in [1.54, 1.807) is 53.5 Å².